The van der Waals surface area contributed by atoms with Crippen LogP contribution in [0.1, 0.15) is 11.5 Å². The molecule has 1 aromatic heterocycles. The lowest BCUT2D eigenvalue weighted by Crippen LogP contribution is -1.93. The van der Waals surface area contributed by atoms with Gasteiger partial charge in [-0.15, -0.1) is 5.10 Å². The van der Waals surface area contributed by atoms with Crippen LogP contribution >= 0.6 is 11.6 Å². The summed E-state index contributed by atoms with van der Waals surface area (Å²) in [6.07, 6.45) is 3.18. The Morgan fingerprint density at radius 3 is 2.68 bits per heavy atom. The zero-order valence-electron chi connectivity index (χ0n) is 10.3. The number of rotatable bonds is 4. The quantitative estimate of drug-likeness (QED) is 0.930. The Labute approximate surface area is 113 Å². The first-order valence-corrected chi connectivity index (χ1v) is 5.67. The lowest BCUT2D eigenvalue weighted by Gasteiger charge is -2.10. The molecule has 0 unspecified atom stereocenters. The summed E-state index contributed by atoms with van der Waals surface area (Å²) >= 11 is 6.19. The van der Waals surface area contributed by atoms with E-state index in [1.165, 1.54) is 20.3 Å². The number of benzene rings is 1. The van der Waals surface area contributed by atoms with E-state index in [1.54, 1.807) is 18.2 Å². The van der Waals surface area contributed by atoms with Crippen LogP contribution in [0.15, 0.2) is 21.3 Å². The SMILES string of the molecule is COc1ccc(C=Cc2n[nH]c(=O)o2)c(Cl)c1OC. The molecule has 1 N–H and O–H groups in total. The van der Waals surface area contributed by atoms with Crippen molar-refractivity contribution in [1.82, 2.24) is 10.2 Å². The highest BCUT2D eigenvalue weighted by atomic mass is 35.5. The molecule has 0 aliphatic rings. The molecule has 0 fully saturated rings. The zero-order chi connectivity index (χ0) is 13.8. The molecule has 0 amide bonds. The minimum absolute atomic E-state index is 0.163. The molecule has 0 aliphatic carbocycles. The molecule has 19 heavy (non-hydrogen) atoms. The third-order valence-electron chi connectivity index (χ3n) is 2.38. The van der Waals surface area contributed by atoms with Crippen LogP contribution < -0.4 is 15.2 Å². The summed E-state index contributed by atoms with van der Waals surface area (Å²) in [5.41, 5.74) is 0.685. The third kappa shape index (κ3) is 2.79. The molecule has 1 heterocycles. The van der Waals surface area contributed by atoms with E-state index in [1.807, 2.05) is 0 Å². The van der Waals surface area contributed by atoms with Gasteiger partial charge in [0.05, 0.1) is 19.2 Å². The number of hydrogen-bond acceptors (Lipinski definition) is 5. The molecule has 0 aliphatic heterocycles. The first-order valence-electron chi connectivity index (χ1n) is 5.29. The van der Waals surface area contributed by atoms with Crippen molar-refractivity contribution in [2.75, 3.05) is 14.2 Å². The maximum atomic E-state index is 10.8. The van der Waals surface area contributed by atoms with Crippen molar-refractivity contribution in [1.29, 1.82) is 0 Å². The topological polar surface area (TPSA) is 77.4 Å². The van der Waals surface area contributed by atoms with Crippen LogP contribution in [0.2, 0.25) is 5.02 Å². The van der Waals surface area contributed by atoms with Crippen molar-refractivity contribution in [3.05, 3.63) is 39.2 Å². The first-order chi connectivity index (χ1) is 9.15. The molecule has 7 heteroatoms. The van der Waals surface area contributed by atoms with Crippen LogP contribution in [0.25, 0.3) is 12.2 Å². The molecule has 0 bridgehead atoms. The lowest BCUT2D eigenvalue weighted by molar-refractivity contribution is 0.355. The summed E-state index contributed by atoms with van der Waals surface area (Å²) in [4.78, 5) is 10.8. The number of ether oxygens (including phenoxy) is 2. The standard InChI is InChI=1S/C12H11ClN2O4/c1-17-8-5-3-7(10(13)11(8)18-2)4-6-9-14-15-12(16)19-9/h3-6H,1-2H3,(H,15,16). The average molecular weight is 283 g/mol. The van der Waals surface area contributed by atoms with Crippen LogP contribution in [0.4, 0.5) is 0 Å². The maximum Gasteiger partial charge on any atom is 0.434 e. The van der Waals surface area contributed by atoms with Crippen LogP contribution in [-0.4, -0.2) is 24.4 Å². The van der Waals surface area contributed by atoms with Crippen molar-refractivity contribution in [3.63, 3.8) is 0 Å². The molecule has 0 saturated heterocycles. The summed E-state index contributed by atoms with van der Waals surface area (Å²) < 4.78 is 15.0. The monoisotopic (exact) mass is 282 g/mol. The second-order valence-corrected chi connectivity index (χ2v) is 3.87. The normalized spacial score (nSPS) is 10.9. The minimum atomic E-state index is -0.613. The van der Waals surface area contributed by atoms with Gasteiger partial charge in [0.25, 0.3) is 0 Å². The molecule has 1 aromatic carbocycles. The lowest BCUT2D eigenvalue weighted by atomic mass is 10.2. The summed E-state index contributed by atoms with van der Waals surface area (Å²) in [7, 11) is 3.03. The van der Waals surface area contributed by atoms with E-state index in [4.69, 9.17) is 25.5 Å². The van der Waals surface area contributed by atoms with Gasteiger partial charge in [0.15, 0.2) is 11.5 Å². The number of halogens is 1. The third-order valence-corrected chi connectivity index (χ3v) is 2.76. The van der Waals surface area contributed by atoms with Gasteiger partial charge < -0.3 is 13.9 Å². The van der Waals surface area contributed by atoms with Crippen LogP contribution in [-0.2, 0) is 0 Å². The van der Waals surface area contributed by atoms with Crippen molar-refractivity contribution >= 4 is 23.8 Å². The Balaban J connectivity index is 2.35. The molecule has 0 spiro atoms. The van der Waals surface area contributed by atoms with Gasteiger partial charge in [0, 0.05) is 6.08 Å². The van der Waals surface area contributed by atoms with Gasteiger partial charge in [-0.25, -0.2) is 9.89 Å². The Morgan fingerprint density at radius 1 is 1.32 bits per heavy atom. The second kappa shape index (κ2) is 5.62. The number of aromatic nitrogens is 2. The van der Waals surface area contributed by atoms with E-state index in [-0.39, 0.29) is 5.89 Å². The fraction of sp³-hybridized carbons (Fsp3) is 0.167. The second-order valence-electron chi connectivity index (χ2n) is 3.49. The van der Waals surface area contributed by atoms with Gasteiger partial charge in [-0.05, 0) is 23.8 Å². The molecular weight excluding hydrogens is 272 g/mol. The van der Waals surface area contributed by atoms with Crippen LogP contribution in [0.5, 0.6) is 11.5 Å². The number of hydrogen-bond donors (Lipinski definition) is 1. The van der Waals surface area contributed by atoms with Gasteiger partial charge >= 0.3 is 5.76 Å². The highest BCUT2D eigenvalue weighted by molar-refractivity contribution is 6.33. The predicted octanol–water partition coefficient (Wildman–Crippen LogP) is 2.20. The molecule has 0 atom stereocenters. The van der Waals surface area contributed by atoms with Crippen LogP contribution in [0.3, 0.4) is 0 Å². The minimum Gasteiger partial charge on any atom is -0.493 e. The van der Waals surface area contributed by atoms with E-state index in [2.05, 4.69) is 10.2 Å². The number of aromatic amines is 1. The summed E-state index contributed by atoms with van der Waals surface area (Å²) in [6, 6.07) is 3.48. The van der Waals surface area contributed by atoms with E-state index in [0.29, 0.717) is 22.1 Å². The van der Waals surface area contributed by atoms with E-state index in [0.717, 1.165) is 0 Å². The van der Waals surface area contributed by atoms with Crippen molar-refractivity contribution in [2.24, 2.45) is 0 Å². The van der Waals surface area contributed by atoms with Crippen LogP contribution in [0, 0.1) is 0 Å². The maximum absolute atomic E-state index is 10.8. The van der Waals surface area contributed by atoms with Gasteiger partial charge in [0.2, 0.25) is 5.89 Å². The van der Waals surface area contributed by atoms with Crippen molar-refractivity contribution in [2.45, 2.75) is 0 Å². The van der Waals surface area contributed by atoms with Crippen molar-refractivity contribution in [3.8, 4) is 11.5 Å². The molecule has 2 aromatic rings. The number of H-pyrrole nitrogens is 1. The summed E-state index contributed by atoms with van der Waals surface area (Å²) in [5, 5.41) is 6.21. The van der Waals surface area contributed by atoms with E-state index in [9.17, 15) is 4.79 Å². The van der Waals surface area contributed by atoms with Crippen molar-refractivity contribution < 1.29 is 13.9 Å². The van der Waals surface area contributed by atoms with E-state index < -0.39 is 5.76 Å². The Bertz CT molecular complexity index is 660. The molecular formula is C12H11ClN2O4. The van der Waals surface area contributed by atoms with Gasteiger partial charge in [-0.2, -0.15) is 0 Å². The fourth-order valence-corrected chi connectivity index (χ4v) is 1.80. The molecule has 100 valence electrons. The first kappa shape index (κ1) is 13.2. The molecule has 0 radical (unpaired) electrons. The average Bonchev–Trinajstić information content (AvgIpc) is 2.82. The predicted molar refractivity (Wildman–Crippen MR) is 70.6 cm³/mol. The Kier molecular flexibility index (Phi) is 3.91. The summed E-state index contributed by atoms with van der Waals surface area (Å²) in [5.74, 6) is 0.527. The Morgan fingerprint density at radius 2 is 2.11 bits per heavy atom. The fourth-order valence-electron chi connectivity index (χ4n) is 1.51. The molecule has 6 nitrogen and oxygen atoms in total. The van der Waals surface area contributed by atoms with Gasteiger partial charge in [-0.1, -0.05) is 11.6 Å². The molecule has 2 rings (SSSR count). The number of nitrogens with one attached hydrogen (secondary N) is 1. The highest BCUT2D eigenvalue weighted by Gasteiger charge is 2.11. The zero-order valence-corrected chi connectivity index (χ0v) is 11.0. The largest absolute Gasteiger partial charge is 0.493 e. The number of methoxy groups -OCH3 is 2. The van der Waals surface area contributed by atoms with Gasteiger partial charge in [-0.3, -0.25) is 0 Å². The van der Waals surface area contributed by atoms with E-state index >= 15 is 0 Å². The van der Waals surface area contributed by atoms with Gasteiger partial charge in [0.1, 0.15) is 0 Å². The molecule has 0 saturated carbocycles. The summed E-state index contributed by atoms with van der Waals surface area (Å²) in [6.45, 7) is 0. The Hall–Kier alpha value is -2.21. The highest BCUT2D eigenvalue weighted by Crippen LogP contribution is 2.37. The smallest absolute Gasteiger partial charge is 0.434 e. The number of nitrogens with zero attached hydrogens (tertiary/aromatic N) is 1.